The Balaban J connectivity index is 2.08. The van der Waals surface area contributed by atoms with Crippen molar-refractivity contribution in [2.75, 3.05) is 26.4 Å². The molecular weight excluding hydrogens is 237 g/mol. The zero-order valence-corrected chi connectivity index (χ0v) is 10.5. The molecule has 1 atom stereocenters. The summed E-state index contributed by atoms with van der Waals surface area (Å²) in [6.07, 6.45) is 2.70. The molecule has 100 valence electrons. The molecule has 0 spiro atoms. The van der Waals surface area contributed by atoms with Gasteiger partial charge in [0, 0.05) is 19.5 Å². The van der Waals surface area contributed by atoms with Crippen molar-refractivity contribution >= 4 is 5.91 Å². The van der Waals surface area contributed by atoms with Gasteiger partial charge in [-0.2, -0.15) is 0 Å². The van der Waals surface area contributed by atoms with Crippen LogP contribution in [-0.4, -0.2) is 43.3 Å². The molecule has 0 aliphatic carbocycles. The van der Waals surface area contributed by atoms with Gasteiger partial charge >= 0.3 is 0 Å². The highest BCUT2D eigenvalue weighted by atomic mass is 19.1. The average molecular weight is 255 g/mol. The summed E-state index contributed by atoms with van der Waals surface area (Å²) < 4.78 is 23.1. The summed E-state index contributed by atoms with van der Waals surface area (Å²) in [4.78, 5) is 13.9. The van der Waals surface area contributed by atoms with E-state index in [2.05, 4.69) is 0 Å². The number of rotatable bonds is 4. The normalized spacial score (nSPS) is 20.1. The van der Waals surface area contributed by atoms with Crippen LogP contribution in [0.5, 0.6) is 0 Å². The van der Waals surface area contributed by atoms with Crippen LogP contribution >= 0.6 is 0 Å². The van der Waals surface area contributed by atoms with Crippen LogP contribution < -0.4 is 0 Å². The Labute approximate surface area is 106 Å². The van der Waals surface area contributed by atoms with Crippen molar-refractivity contribution in [3.63, 3.8) is 0 Å². The summed E-state index contributed by atoms with van der Waals surface area (Å²) in [5.41, 5.74) is 0.594. The van der Waals surface area contributed by atoms with Crippen molar-refractivity contribution in [2.24, 2.45) is 0 Å². The molecule has 4 nitrogen and oxygen atoms in total. The van der Waals surface area contributed by atoms with Crippen LogP contribution in [-0.2, 0) is 11.2 Å². The van der Waals surface area contributed by atoms with Crippen LogP contribution in [0.4, 0.5) is 4.39 Å². The molecule has 1 aromatic heterocycles. The van der Waals surface area contributed by atoms with Gasteiger partial charge in [-0.1, -0.05) is 6.92 Å². The van der Waals surface area contributed by atoms with Crippen molar-refractivity contribution in [1.29, 1.82) is 0 Å². The van der Waals surface area contributed by atoms with E-state index in [1.165, 1.54) is 6.26 Å². The number of aryl methyl sites for hydroxylation is 1. The maximum atomic E-state index is 12.6. The lowest BCUT2D eigenvalue weighted by atomic mass is 10.1. The zero-order chi connectivity index (χ0) is 13.0. The maximum Gasteiger partial charge on any atom is 0.257 e. The summed E-state index contributed by atoms with van der Waals surface area (Å²) in [7, 11) is 0. The summed E-state index contributed by atoms with van der Waals surface area (Å²) in [5.74, 6) is 0.625. The van der Waals surface area contributed by atoms with Crippen molar-refractivity contribution in [3.8, 4) is 0 Å². The number of carbonyl (C=O) groups excluding carboxylic acids is 1. The molecule has 0 saturated carbocycles. The number of ether oxygens (including phenoxy) is 1. The van der Waals surface area contributed by atoms with E-state index in [0.29, 0.717) is 31.0 Å². The van der Waals surface area contributed by atoms with E-state index in [-0.39, 0.29) is 5.91 Å². The Hall–Kier alpha value is -1.36. The summed E-state index contributed by atoms with van der Waals surface area (Å²) >= 11 is 0. The number of halogens is 1. The van der Waals surface area contributed by atoms with Gasteiger partial charge < -0.3 is 14.1 Å². The first kappa shape index (κ1) is 13.1. The third-order valence-corrected chi connectivity index (χ3v) is 3.05. The van der Waals surface area contributed by atoms with Crippen LogP contribution in [0.3, 0.4) is 0 Å². The van der Waals surface area contributed by atoms with E-state index in [0.717, 1.165) is 12.8 Å². The maximum absolute atomic E-state index is 12.6. The van der Waals surface area contributed by atoms with Gasteiger partial charge in [0.15, 0.2) is 0 Å². The monoisotopic (exact) mass is 255 g/mol. The molecule has 1 fully saturated rings. The molecule has 0 N–H and O–H groups in total. The molecule has 0 unspecified atom stereocenters. The fraction of sp³-hybridized carbons (Fsp3) is 0.615. The Morgan fingerprint density at radius 3 is 3.17 bits per heavy atom. The third kappa shape index (κ3) is 2.72. The number of amides is 1. The minimum Gasteiger partial charge on any atom is -0.469 e. The van der Waals surface area contributed by atoms with E-state index in [1.54, 1.807) is 11.0 Å². The van der Waals surface area contributed by atoms with Crippen LogP contribution in [0.1, 0.15) is 29.5 Å². The fourth-order valence-corrected chi connectivity index (χ4v) is 2.12. The lowest BCUT2D eigenvalue weighted by Gasteiger charge is -2.31. The highest BCUT2D eigenvalue weighted by Gasteiger charge is 2.27. The number of hydrogen-bond acceptors (Lipinski definition) is 3. The van der Waals surface area contributed by atoms with Gasteiger partial charge in [0.25, 0.3) is 5.91 Å². The standard InChI is InChI=1S/C13H18FNO3/c1-2-3-12-11(4-6-18-12)13(16)15-5-7-17-10(8-14)9-15/h4,6,10H,2-3,5,7-9H2,1H3/t10-/m0/s1. The van der Waals surface area contributed by atoms with Gasteiger partial charge in [-0.3, -0.25) is 4.79 Å². The molecular formula is C13H18FNO3. The van der Waals surface area contributed by atoms with E-state index in [1.807, 2.05) is 6.92 Å². The van der Waals surface area contributed by atoms with Gasteiger partial charge in [0.2, 0.25) is 0 Å². The molecule has 2 heterocycles. The second-order valence-electron chi connectivity index (χ2n) is 4.41. The van der Waals surface area contributed by atoms with Crippen LogP contribution in [0.25, 0.3) is 0 Å². The fourth-order valence-electron chi connectivity index (χ4n) is 2.12. The molecule has 1 aromatic rings. The molecule has 18 heavy (non-hydrogen) atoms. The predicted octanol–water partition coefficient (Wildman–Crippen LogP) is 2.04. The number of hydrogen-bond donors (Lipinski definition) is 0. The van der Waals surface area contributed by atoms with Crippen molar-refractivity contribution in [2.45, 2.75) is 25.9 Å². The topological polar surface area (TPSA) is 42.7 Å². The molecule has 1 saturated heterocycles. The minimum atomic E-state index is -0.559. The second-order valence-corrected chi connectivity index (χ2v) is 4.41. The smallest absolute Gasteiger partial charge is 0.257 e. The first-order valence-corrected chi connectivity index (χ1v) is 6.29. The number of alkyl halides is 1. The Morgan fingerprint density at radius 1 is 1.61 bits per heavy atom. The molecule has 0 radical (unpaired) electrons. The Kier molecular flexibility index (Phi) is 4.36. The van der Waals surface area contributed by atoms with Crippen LogP contribution in [0.15, 0.2) is 16.7 Å². The van der Waals surface area contributed by atoms with E-state index < -0.39 is 12.8 Å². The van der Waals surface area contributed by atoms with Crippen LogP contribution in [0.2, 0.25) is 0 Å². The Bertz CT molecular complexity index is 405. The van der Waals surface area contributed by atoms with E-state index in [4.69, 9.17) is 9.15 Å². The molecule has 0 bridgehead atoms. The first-order chi connectivity index (χ1) is 8.76. The predicted molar refractivity (Wildman–Crippen MR) is 64.3 cm³/mol. The van der Waals surface area contributed by atoms with Crippen molar-refractivity contribution in [1.82, 2.24) is 4.90 Å². The summed E-state index contributed by atoms with van der Waals surface area (Å²) in [6, 6.07) is 1.69. The highest BCUT2D eigenvalue weighted by Crippen LogP contribution is 2.17. The van der Waals surface area contributed by atoms with Gasteiger partial charge in [-0.15, -0.1) is 0 Å². The number of furan rings is 1. The minimum absolute atomic E-state index is 0.0889. The molecule has 5 heteroatoms. The lowest BCUT2D eigenvalue weighted by Crippen LogP contribution is -2.46. The zero-order valence-electron chi connectivity index (χ0n) is 10.5. The highest BCUT2D eigenvalue weighted by molar-refractivity contribution is 5.95. The number of nitrogens with zero attached hydrogens (tertiary/aromatic N) is 1. The second kappa shape index (κ2) is 6.00. The Morgan fingerprint density at radius 2 is 2.44 bits per heavy atom. The number of morpholine rings is 1. The lowest BCUT2D eigenvalue weighted by molar-refractivity contribution is -0.0311. The van der Waals surface area contributed by atoms with Gasteiger partial charge in [0.1, 0.15) is 18.5 Å². The van der Waals surface area contributed by atoms with Gasteiger partial charge in [-0.25, -0.2) is 4.39 Å². The van der Waals surface area contributed by atoms with Gasteiger partial charge in [-0.05, 0) is 12.5 Å². The molecule has 2 rings (SSSR count). The molecule has 1 aliphatic heterocycles. The van der Waals surface area contributed by atoms with Crippen molar-refractivity contribution in [3.05, 3.63) is 23.7 Å². The van der Waals surface area contributed by atoms with Crippen LogP contribution in [0, 0.1) is 0 Å². The SMILES string of the molecule is CCCc1occc1C(=O)N1CCO[C@@H](CF)C1. The van der Waals surface area contributed by atoms with Crippen molar-refractivity contribution < 1.29 is 18.3 Å². The first-order valence-electron chi connectivity index (χ1n) is 6.29. The molecule has 1 amide bonds. The molecule has 1 aliphatic rings. The molecule has 0 aromatic carbocycles. The van der Waals surface area contributed by atoms with E-state index in [9.17, 15) is 9.18 Å². The van der Waals surface area contributed by atoms with E-state index >= 15 is 0 Å². The summed E-state index contributed by atoms with van der Waals surface area (Å²) in [5, 5.41) is 0. The quantitative estimate of drug-likeness (QED) is 0.827. The van der Waals surface area contributed by atoms with Gasteiger partial charge in [0.05, 0.1) is 18.4 Å². The largest absolute Gasteiger partial charge is 0.469 e. The average Bonchev–Trinajstić information content (AvgIpc) is 2.86. The summed E-state index contributed by atoms with van der Waals surface area (Å²) in [6.45, 7) is 2.68. The number of carbonyl (C=O) groups is 1. The third-order valence-electron chi connectivity index (χ3n) is 3.05.